The lowest BCUT2D eigenvalue weighted by molar-refractivity contribution is -0.119. The maximum atomic E-state index is 12.1. The van der Waals surface area contributed by atoms with Gasteiger partial charge in [0.25, 0.3) is 5.91 Å². The average Bonchev–Trinajstić information content (AvgIpc) is 2.38. The molecule has 1 aromatic carbocycles. The molecule has 0 unspecified atom stereocenters. The molecule has 0 aliphatic rings. The summed E-state index contributed by atoms with van der Waals surface area (Å²) in [6.45, 7) is 3.51. The lowest BCUT2D eigenvalue weighted by Gasteiger charge is -2.12. The molecule has 4 nitrogen and oxygen atoms in total. The zero-order valence-corrected chi connectivity index (χ0v) is 12.4. The SMILES string of the molecule is CCC(=S)Sc1ccccc1C(=O)N[C@H](C)C(N)=O. The van der Waals surface area contributed by atoms with Gasteiger partial charge in [-0.2, -0.15) is 0 Å². The molecule has 6 heteroatoms. The Hall–Kier alpha value is -1.40. The molecule has 102 valence electrons. The summed E-state index contributed by atoms with van der Waals surface area (Å²) in [4.78, 5) is 23.8. The number of hydrogen-bond donors (Lipinski definition) is 2. The van der Waals surface area contributed by atoms with Crippen LogP contribution in [0.4, 0.5) is 0 Å². The quantitative estimate of drug-likeness (QED) is 0.645. The highest BCUT2D eigenvalue weighted by molar-refractivity contribution is 8.23. The van der Waals surface area contributed by atoms with Gasteiger partial charge in [0.15, 0.2) is 0 Å². The van der Waals surface area contributed by atoms with Crippen molar-refractivity contribution in [2.24, 2.45) is 5.73 Å². The first-order valence-corrected chi connectivity index (χ1v) is 7.08. The summed E-state index contributed by atoms with van der Waals surface area (Å²) in [6, 6.07) is 6.43. The topological polar surface area (TPSA) is 72.2 Å². The summed E-state index contributed by atoms with van der Waals surface area (Å²) >= 11 is 6.56. The number of thioether (sulfide) groups is 1. The van der Waals surface area contributed by atoms with E-state index in [9.17, 15) is 9.59 Å². The number of amides is 2. The number of nitrogens with one attached hydrogen (secondary N) is 1. The predicted molar refractivity (Wildman–Crippen MR) is 81.3 cm³/mol. The third-order valence-corrected chi connectivity index (χ3v) is 4.05. The first-order chi connectivity index (χ1) is 8.95. The maximum absolute atomic E-state index is 12.1. The largest absolute Gasteiger partial charge is 0.368 e. The average molecular weight is 296 g/mol. The summed E-state index contributed by atoms with van der Waals surface area (Å²) in [6.07, 6.45) is 0.758. The van der Waals surface area contributed by atoms with Gasteiger partial charge in [0.1, 0.15) is 6.04 Å². The van der Waals surface area contributed by atoms with Crippen LogP contribution in [0.1, 0.15) is 30.6 Å². The first-order valence-electron chi connectivity index (χ1n) is 5.85. The van der Waals surface area contributed by atoms with E-state index in [1.807, 2.05) is 19.1 Å². The van der Waals surface area contributed by atoms with Crippen LogP contribution in [0.25, 0.3) is 0 Å². The minimum Gasteiger partial charge on any atom is -0.368 e. The molecule has 0 fully saturated rings. The number of carbonyl (C=O) groups excluding carboxylic acids is 2. The third kappa shape index (κ3) is 4.65. The molecule has 1 aromatic rings. The smallest absolute Gasteiger partial charge is 0.253 e. The maximum Gasteiger partial charge on any atom is 0.253 e. The van der Waals surface area contributed by atoms with Gasteiger partial charge in [-0.05, 0) is 25.5 Å². The monoisotopic (exact) mass is 296 g/mol. The van der Waals surface area contributed by atoms with Crippen molar-refractivity contribution in [1.29, 1.82) is 0 Å². The zero-order chi connectivity index (χ0) is 14.4. The number of thiocarbonyl (C=S) groups is 1. The van der Waals surface area contributed by atoms with E-state index in [0.717, 1.165) is 15.5 Å². The van der Waals surface area contributed by atoms with Crippen LogP contribution in [0.3, 0.4) is 0 Å². The molecule has 0 radical (unpaired) electrons. The van der Waals surface area contributed by atoms with Crippen molar-refractivity contribution in [3.05, 3.63) is 29.8 Å². The van der Waals surface area contributed by atoms with Crippen molar-refractivity contribution < 1.29 is 9.59 Å². The van der Waals surface area contributed by atoms with Gasteiger partial charge in [-0.25, -0.2) is 0 Å². The molecule has 0 saturated carbocycles. The van der Waals surface area contributed by atoms with E-state index >= 15 is 0 Å². The Labute approximate surface area is 122 Å². The van der Waals surface area contributed by atoms with Crippen LogP contribution in [-0.2, 0) is 4.79 Å². The Morgan fingerprint density at radius 3 is 2.63 bits per heavy atom. The highest BCUT2D eigenvalue weighted by Crippen LogP contribution is 2.25. The number of rotatable bonds is 5. The van der Waals surface area contributed by atoms with Crippen LogP contribution >= 0.6 is 24.0 Å². The van der Waals surface area contributed by atoms with E-state index in [1.54, 1.807) is 19.1 Å². The van der Waals surface area contributed by atoms with Crippen molar-refractivity contribution in [3.63, 3.8) is 0 Å². The number of benzene rings is 1. The standard InChI is InChI=1S/C13H16N2O2S2/c1-3-11(18)19-10-7-5-4-6-9(10)13(17)15-8(2)12(14)16/h4-8H,3H2,1-2H3,(H2,14,16)(H,15,17)/t8-/m1/s1. The number of carbonyl (C=O) groups is 2. The Morgan fingerprint density at radius 2 is 2.05 bits per heavy atom. The molecule has 1 atom stereocenters. The molecule has 0 heterocycles. The van der Waals surface area contributed by atoms with Crippen molar-refractivity contribution in [1.82, 2.24) is 5.32 Å². The molecule has 2 amide bonds. The van der Waals surface area contributed by atoms with E-state index in [0.29, 0.717) is 5.56 Å². The van der Waals surface area contributed by atoms with E-state index < -0.39 is 11.9 Å². The van der Waals surface area contributed by atoms with E-state index in [2.05, 4.69) is 5.32 Å². The van der Waals surface area contributed by atoms with E-state index in [-0.39, 0.29) is 5.91 Å². The number of hydrogen-bond acceptors (Lipinski definition) is 4. The van der Waals surface area contributed by atoms with Crippen LogP contribution in [0.15, 0.2) is 29.2 Å². The van der Waals surface area contributed by atoms with E-state index in [1.165, 1.54) is 11.8 Å². The Balaban J connectivity index is 2.90. The molecule has 0 saturated heterocycles. The lowest BCUT2D eigenvalue weighted by Crippen LogP contribution is -2.42. The van der Waals surface area contributed by atoms with Gasteiger partial charge >= 0.3 is 0 Å². The van der Waals surface area contributed by atoms with Crippen LogP contribution < -0.4 is 11.1 Å². The first kappa shape index (κ1) is 15.7. The molecular formula is C13H16N2O2S2. The van der Waals surface area contributed by atoms with Gasteiger partial charge in [-0.1, -0.05) is 43.0 Å². The van der Waals surface area contributed by atoms with Crippen LogP contribution in [0.5, 0.6) is 0 Å². The Bertz CT molecular complexity index is 503. The molecule has 3 N–H and O–H groups in total. The second-order valence-corrected chi connectivity index (χ2v) is 5.81. The van der Waals surface area contributed by atoms with Crippen molar-refractivity contribution >= 4 is 40.0 Å². The highest BCUT2D eigenvalue weighted by atomic mass is 32.2. The van der Waals surface area contributed by atoms with Gasteiger partial charge in [0.2, 0.25) is 5.91 Å². The molecule has 0 bridgehead atoms. The molecule has 1 rings (SSSR count). The third-order valence-electron chi connectivity index (χ3n) is 2.42. The lowest BCUT2D eigenvalue weighted by atomic mass is 10.2. The fourth-order valence-electron chi connectivity index (χ4n) is 1.28. The molecule has 0 aliphatic carbocycles. The Morgan fingerprint density at radius 1 is 1.42 bits per heavy atom. The second kappa shape index (κ2) is 7.25. The molecule has 0 aliphatic heterocycles. The predicted octanol–water partition coefficient (Wildman–Crippen LogP) is 2.12. The molecular weight excluding hydrogens is 280 g/mol. The Kier molecular flexibility index (Phi) is 5.98. The van der Waals surface area contributed by atoms with Gasteiger partial charge in [0.05, 0.1) is 9.76 Å². The van der Waals surface area contributed by atoms with Gasteiger partial charge in [-0.3, -0.25) is 9.59 Å². The van der Waals surface area contributed by atoms with Crippen molar-refractivity contribution in [2.45, 2.75) is 31.2 Å². The van der Waals surface area contributed by atoms with Crippen molar-refractivity contribution in [2.75, 3.05) is 0 Å². The summed E-state index contributed by atoms with van der Waals surface area (Å²) in [5, 5.41) is 2.56. The minimum atomic E-state index is -0.705. The van der Waals surface area contributed by atoms with Gasteiger partial charge in [0, 0.05) is 4.90 Å². The van der Waals surface area contributed by atoms with Crippen LogP contribution in [-0.4, -0.2) is 22.1 Å². The molecule has 0 aromatic heterocycles. The number of primary amides is 1. The number of nitrogens with two attached hydrogens (primary N) is 1. The summed E-state index contributed by atoms with van der Waals surface area (Å²) in [7, 11) is 0. The van der Waals surface area contributed by atoms with Gasteiger partial charge < -0.3 is 11.1 Å². The van der Waals surface area contributed by atoms with E-state index in [4.69, 9.17) is 18.0 Å². The van der Waals surface area contributed by atoms with Crippen molar-refractivity contribution in [3.8, 4) is 0 Å². The summed E-state index contributed by atoms with van der Waals surface area (Å²) < 4.78 is 0.809. The molecule has 19 heavy (non-hydrogen) atoms. The highest BCUT2D eigenvalue weighted by Gasteiger charge is 2.16. The zero-order valence-electron chi connectivity index (χ0n) is 10.8. The summed E-state index contributed by atoms with van der Waals surface area (Å²) in [5.74, 6) is -0.893. The van der Waals surface area contributed by atoms with Crippen LogP contribution in [0.2, 0.25) is 0 Å². The fraction of sp³-hybridized carbons (Fsp3) is 0.308. The van der Waals surface area contributed by atoms with Gasteiger partial charge in [-0.15, -0.1) is 0 Å². The summed E-state index contributed by atoms with van der Waals surface area (Å²) in [5.41, 5.74) is 5.62. The normalized spacial score (nSPS) is 11.7. The molecule has 0 spiro atoms. The minimum absolute atomic E-state index is 0.326. The second-order valence-electron chi connectivity index (χ2n) is 3.92. The van der Waals surface area contributed by atoms with Crippen LogP contribution in [0, 0.1) is 0 Å². The fourth-order valence-corrected chi connectivity index (χ4v) is 2.36.